The number of amides is 1. The van der Waals surface area contributed by atoms with Crippen molar-refractivity contribution in [2.24, 2.45) is 0 Å². The predicted octanol–water partition coefficient (Wildman–Crippen LogP) is 3.72. The van der Waals surface area contributed by atoms with Crippen molar-refractivity contribution in [1.82, 2.24) is 5.32 Å². The van der Waals surface area contributed by atoms with Crippen molar-refractivity contribution in [2.45, 2.75) is 19.3 Å². The normalized spacial score (nSPS) is 10.4. The zero-order valence-corrected chi connectivity index (χ0v) is 16.1. The van der Waals surface area contributed by atoms with Crippen molar-refractivity contribution in [3.8, 4) is 17.2 Å². The number of hydrogen-bond acceptors (Lipinski definition) is 5. The van der Waals surface area contributed by atoms with Crippen LogP contribution in [0.25, 0.3) is 0 Å². The first-order valence-electron chi connectivity index (χ1n) is 7.87. The van der Waals surface area contributed by atoms with E-state index in [1.807, 2.05) is 12.1 Å². The molecule has 0 aliphatic carbocycles. The molecule has 0 spiro atoms. The van der Waals surface area contributed by atoms with Crippen molar-refractivity contribution in [3.63, 3.8) is 0 Å². The summed E-state index contributed by atoms with van der Waals surface area (Å²) in [7, 11) is 4.79. The summed E-state index contributed by atoms with van der Waals surface area (Å²) in [5, 5.41) is 2.93. The lowest BCUT2D eigenvalue weighted by Crippen LogP contribution is -2.26. The first-order chi connectivity index (χ1) is 12.1. The molecule has 0 saturated carbocycles. The minimum absolute atomic E-state index is 0.0102. The van der Waals surface area contributed by atoms with Crippen molar-refractivity contribution in [3.05, 3.63) is 39.0 Å². The SMILES string of the molecule is COc1cc(OC)c(CCNC(=O)CCc2ccc(Cl)s2)c(OC)c1. The average Bonchev–Trinajstić information content (AvgIpc) is 3.05. The Bertz CT molecular complexity index is 692. The molecule has 136 valence electrons. The van der Waals surface area contributed by atoms with Gasteiger partial charge in [0, 0.05) is 35.5 Å². The number of carbonyl (C=O) groups excluding carboxylic acids is 1. The minimum atomic E-state index is 0.0102. The van der Waals surface area contributed by atoms with Gasteiger partial charge in [0.1, 0.15) is 17.2 Å². The highest BCUT2D eigenvalue weighted by molar-refractivity contribution is 7.16. The van der Waals surface area contributed by atoms with Crippen LogP contribution in [0.1, 0.15) is 16.9 Å². The Morgan fingerprint density at radius 2 is 1.76 bits per heavy atom. The van der Waals surface area contributed by atoms with Crippen molar-refractivity contribution in [2.75, 3.05) is 27.9 Å². The number of carbonyl (C=O) groups is 1. The molecule has 0 atom stereocenters. The fourth-order valence-electron chi connectivity index (χ4n) is 2.46. The molecule has 1 aromatic carbocycles. The van der Waals surface area contributed by atoms with Crippen LogP contribution < -0.4 is 19.5 Å². The quantitative estimate of drug-likeness (QED) is 0.717. The van der Waals surface area contributed by atoms with Gasteiger partial charge in [0.05, 0.1) is 25.7 Å². The van der Waals surface area contributed by atoms with E-state index in [1.165, 1.54) is 11.3 Å². The van der Waals surface area contributed by atoms with Gasteiger partial charge in [-0.15, -0.1) is 11.3 Å². The van der Waals surface area contributed by atoms with Gasteiger partial charge in [-0.25, -0.2) is 0 Å². The summed E-state index contributed by atoms with van der Waals surface area (Å²) in [6.07, 6.45) is 1.74. The lowest BCUT2D eigenvalue weighted by atomic mass is 10.1. The fourth-order valence-corrected chi connectivity index (χ4v) is 3.55. The maximum atomic E-state index is 12.0. The van der Waals surface area contributed by atoms with Crippen LogP contribution in [0.3, 0.4) is 0 Å². The summed E-state index contributed by atoms with van der Waals surface area (Å²) in [6, 6.07) is 7.41. The smallest absolute Gasteiger partial charge is 0.220 e. The van der Waals surface area contributed by atoms with E-state index >= 15 is 0 Å². The lowest BCUT2D eigenvalue weighted by molar-refractivity contribution is -0.121. The average molecular weight is 384 g/mol. The van der Waals surface area contributed by atoms with E-state index in [0.29, 0.717) is 43.1 Å². The number of hydrogen-bond donors (Lipinski definition) is 1. The second kappa shape index (κ2) is 9.53. The van der Waals surface area contributed by atoms with E-state index in [9.17, 15) is 4.79 Å². The summed E-state index contributed by atoms with van der Waals surface area (Å²) >= 11 is 7.40. The third-order valence-electron chi connectivity index (χ3n) is 3.74. The van der Waals surface area contributed by atoms with Gasteiger partial charge >= 0.3 is 0 Å². The van der Waals surface area contributed by atoms with E-state index < -0.39 is 0 Å². The van der Waals surface area contributed by atoms with E-state index in [0.717, 1.165) is 14.8 Å². The first kappa shape index (κ1) is 19.4. The van der Waals surface area contributed by atoms with Crippen LogP contribution in [0.5, 0.6) is 17.2 Å². The molecule has 7 heteroatoms. The summed E-state index contributed by atoms with van der Waals surface area (Å²) < 4.78 is 16.8. The molecular weight excluding hydrogens is 362 g/mol. The maximum Gasteiger partial charge on any atom is 0.220 e. The zero-order valence-electron chi connectivity index (χ0n) is 14.6. The number of thiophene rings is 1. The standard InChI is InChI=1S/C18H22ClNO4S/c1-22-12-10-15(23-2)14(16(11-12)24-3)8-9-20-18(21)7-5-13-4-6-17(19)25-13/h4,6,10-11H,5,7-9H2,1-3H3,(H,20,21). The van der Waals surface area contributed by atoms with Crippen LogP contribution in [0.2, 0.25) is 4.34 Å². The van der Waals surface area contributed by atoms with Gasteiger partial charge in [0.25, 0.3) is 0 Å². The topological polar surface area (TPSA) is 56.8 Å². The van der Waals surface area contributed by atoms with Gasteiger partial charge in [0.2, 0.25) is 5.91 Å². The van der Waals surface area contributed by atoms with Crippen molar-refractivity contribution >= 4 is 28.8 Å². The van der Waals surface area contributed by atoms with E-state index in [2.05, 4.69) is 5.32 Å². The molecule has 1 heterocycles. The van der Waals surface area contributed by atoms with Gasteiger partial charge < -0.3 is 19.5 Å². The summed E-state index contributed by atoms with van der Waals surface area (Å²) in [6.45, 7) is 0.503. The highest BCUT2D eigenvalue weighted by Crippen LogP contribution is 2.34. The first-order valence-corrected chi connectivity index (χ1v) is 9.06. The number of methoxy groups -OCH3 is 3. The molecule has 0 radical (unpaired) electrons. The Morgan fingerprint density at radius 1 is 1.08 bits per heavy atom. The molecule has 25 heavy (non-hydrogen) atoms. The van der Waals surface area contributed by atoms with Crippen LogP contribution in [0.15, 0.2) is 24.3 Å². The van der Waals surface area contributed by atoms with Gasteiger partial charge in [-0.3, -0.25) is 4.79 Å². The fraction of sp³-hybridized carbons (Fsp3) is 0.389. The molecule has 0 aliphatic rings. The predicted molar refractivity (Wildman–Crippen MR) is 100 cm³/mol. The second-order valence-corrected chi connectivity index (χ2v) is 7.12. The number of halogens is 1. The number of rotatable bonds is 9. The monoisotopic (exact) mass is 383 g/mol. The number of aryl methyl sites for hydroxylation is 1. The van der Waals surface area contributed by atoms with Crippen LogP contribution in [0, 0.1) is 0 Å². The Labute approximate surface area is 156 Å². The Hall–Kier alpha value is -1.92. The maximum absolute atomic E-state index is 12.0. The zero-order chi connectivity index (χ0) is 18.2. The highest BCUT2D eigenvalue weighted by Gasteiger charge is 2.13. The van der Waals surface area contributed by atoms with Gasteiger partial charge in [0.15, 0.2) is 0 Å². The molecule has 0 fully saturated rings. The van der Waals surface area contributed by atoms with Crippen molar-refractivity contribution < 1.29 is 19.0 Å². The Balaban J connectivity index is 1.89. The van der Waals surface area contributed by atoms with Gasteiger partial charge in [-0.05, 0) is 25.0 Å². The molecule has 5 nitrogen and oxygen atoms in total. The number of ether oxygens (including phenoxy) is 3. The molecule has 2 rings (SSSR count). The van der Waals surface area contributed by atoms with Crippen LogP contribution in [0.4, 0.5) is 0 Å². The molecule has 1 amide bonds. The molecule has 1 aromatic heterocycles. The minimum Gasteiger partial charge on any atom is -0.496 e. The van der Waals surface area contributed by atoms with E-state index in [-0.39, 0.29) is 5.91 Å². The summed E-state index contributed by atoms with van der Waals surface area (Å²) in [5.41, 5.74) is 0.899. The number of nitrogens with one attached hydrogen (secondary N) is 1. The van der Waals surface area contributed by atoms with Crippen LogP contribution >= 0.6 is 22.9 Å². The molecule has 2 aromatic rings. The third kappa shape index (κ3) is 5.54. The number of benzene rings is 1. The Kier molecular flexibility index (Phi) is 7.40. The van der Waals surface area contributed by atoms with Crippen LogP contribution in [-0.4, -0.2) is 33.8 Å². The van der Waals surface area contributed by atoms with E-state index in [1.54, 1.807) is 33.5 Å². The van der Waals surface area contributed by atoms with Crippen LogP contribution in [-0.2, 0) is 17.6 Å². The molecule has 0 saturated heterocycles. The molecule has 1 N–H and O–H groups in total. The Morgan fingerprint density at radius 3 is 2.28 bits per heavy atom. The van der Waals surface area contributed by atoms with Gasteiger partial charge in [-0.1, -0.05) is 11.6 Å². The molecular formula is C18H22ClNO4S. The van der Waals surface area contributed by atoms with Crippen molar-refractivity contribution in [1.29, 1.82) is 0 Å². The summed E-state index contributed by atoms with van der Waals surface area (Å²) in [4.78, 5) is 13.1. The largest absolute Gasteiger partial charge is 0.496 e. The summed E-state index contributed by atoms with van der Waals surface area (Å²) in [5.74, 6) is 2.03. The second-order valence-electron chi connectivity index (χ2n) is 5.32. The highest BCUT2D eigenvalue weighted by atomic mass is 35.5. The third-order valence-corrected chi connectivity index (χ3v) is 5.03. The molecule has 0 aliphatic heterocycles. The van der Waals surface area contributed by atoms with E-state index in [4.69, 9.17) is 25.8 Å². The molecule has 0 bridgehead atoms. The lowest BCUT2D eigenvalue weighted by Gasteiger charge is -2.15. The molecule has 0 unspecified atom stereocenters. The van der Waals surface area contributed by atoms with Gasteiger partial charge in [-0.2, -0.15) is 0 Å².